The van der Waals surface area contributed by atoms with Crippen molar-refractivity contribution in [1.29, 1.82) is 0 Å². The van der Waals surface area contributed by atoms with Crippen molar-refractivity contribution in [3.8, 4) is 11.5 Å². The number of carboxylic acid groups (broad SMARTS) is 1. The SMILES string of the molecule is COc1cc(Cl)c2nc(C(F)(F)F)c3c(c2c1)CC[C@]1(C[C@H]2C(=O)N[C@]4(C(=O)NS(=O)(=O)C5(C)CC5)C[C@H]4/C=C\CCCCC[C@H](NC(=O)O)C(=O)N2C1)O3. The molecular weight excluding hydrogens is 771 g/mol. The number of halogens is 4. The minimum atomic E-state index is -5.00. The lowest BCUT2D eigenvalue weighted by atomic mass is 9.87. The summed E-state index contributed by atoms with van der Waals surface area (Å²) in [5.74, 6) is -3.49. The summed E-state index contributed by atoms with van der Waals surface area (Å²) in [6.07, 6.45) is -0.0433. The maximum atomic E-state index is 14.7. The van der Waals surface area contributed by atoms with Crippen LogP contribution in [0.1, 0.15) is 82.4 Å². The summed E-state index contributed by atoms with van der Waals surface area (Å²) in [5, 5.41) is 14.8. The van der Waals surface area contributed by atoms with Crippen LogP contribution in [-0.4, -0.2) is 88.8 Å². The highest BCUT2D eigenvalue weighted by Crippen LogP contribution is 2.51. The summed E-state index contributed by atoms with van der Waals surface area (Å²) in [5.41, 5.74) is -4.58. The number of benzene rings is 1. The number of pyridine rings is 1. The zero-order valence-corrected chi connectivity index (χ0v) is 31.6. The summed E-state index contributed by atoms with van der Waals surface area (Å²) in [7, 11) is -2.73. The first-order valence-electron chi connectivity index (χ1n) is 18.1. The number of fused-ring (bicyclic) bond motifs is 5. The fraction of sp³-hybridized carbons (Fsp3) is 0.583. The van der Waals surface area contributed by atoms with E-state index in [-0.39, 0.29) is 59.3 Å². The number of carbonyl (C=O) groups is 4. The third-order valence-corrected chi connectivity index (χ3v) is 14.1. The van der Waals surface area contributed by atoms with Crippen LogP contribution in [0.2, 0.25) is 5.02 Å². The molecule has 2 saturated carbocycles. The van der Waals surface area contributed by atoms with Crippen molar-refractivity contribution in [3.05, 3.63) is 40.6 Å². The molecule has 1 spiro atoms. The highest BCUT2D eigenvalue weighted by Gasteiger charge is 2.64. The molecule has 4 amide bonds. The molecule has 0 bridgehead atoms. The molecule has 2 aromatic rings. The van der Waals surface area contributed by atoms with Crippen molar-refractivity contribution in [3.63, 3.8) is 0 Å². The second kappa shape index (κ2) is 13.7. The Bertz CT molecular complexity index is 2110. The molecule has 0 radical (unpaired) electrons. The number of allylic oxidation sites excluding steroid dienone is 1. The number of rotatable bonds is 5. The molecule has 5 aliphatic rings. The first-order chi connectivity index (χ1) is 25.8. The zero-order valence-electron chi connectivity index (χ0n) is 30.1. The molecule has 7 rings (SSSR count). The highest BCUT2D eigenvalue weighted by atomic mass is 35.5. The van der Waals surface area contributed by atoms with Crippen molar-refractivity contribution in [2.75, 3.05) is 13.7 Å². The van der Waals surface area contributed by atoms with Gasteiger partial charge in [0.15, 0.2) is 11.4 Å². The Morgan fingerprint density at radius 2 is 1.89 bits per heavy atom. The van der Waals surface area contributed by atoms with Gasteiger partial charge in [-0.15, -0.1) is 0 Å². The second-order valence-corrected chi connectivity index (χ2v) is 18.1. The number of ether oxygens (including phenoxy) is 2. The van der Waals surface area contributed by atoms with Gasteiger partial charge in [0.1, 0.15) is 29.0 Å². The third-order valence-electron chi connectivity index (χ3n) is 11.6. The molecular formula is C36H41ClF3N5O9S. The van der Waals surface area contributed by atoms with Gasteiger partial charge in [-0.2, -0.15) is 13.2 Å². The number of hydrogen-bond acceptors (Lipinski definition) is 9. The number of sulfonamides is 1. The van der Waals surface area contributed by atoms with E-state index < -0.39 is 91.9 Å². The predicted molar refractivity (Wildman–Crippen MR) is 191 cm³/mol. The predicted octanol–water partition coefficient (Wildman–Crippen LogP) is 4.61. The van der Waals surface area contributed by atoms with Crippen LogP contribution in [0.4, 0.5) is 18.0 Å². The van der Waals surface area contributed by atoms with Crippen molar-refractivity contribution < 1.29 is 55.3 Å². The van der Waals surface area contributed by atoms with Crippen LogP contribution in [0.25, 0.3) is 10.9 Å². The standard InChI is InChI=1S/C36H41ClF3N5O9S/c1-33(12-13-33)55(51,52)44-31(48)35-16-19(35)8-6-4-3-5-7-9-24(41-32(49)50)30(47)45-18-34(17-25(45)29(46)43-35)11-10-21-22-14-20(53-2)15-23(37)26(22)42-28(27(21)54-34)36(38,39)40/h6,8,14-15,19,24-25,41H,3-5,7,9-13,16-18H2,1-2H3,(H,43,46)(H,44,48)(H,49,50)/b8-6-/t19-,24+,25+,34-,35-/m1/s1. The highest BCUT2D eigenvalue weighted by molar-refractivity contribution is 7.91. The van der Waals surface area contributed by atoms with Gasteiger partial charge in [0.2, 0.25) is 21.8 Å². The van der Waals surface area contributed by atoms with E-state index >= 15 is 0 Å². The van der Waals surface area contributed by atoms with Crippen LogP contribution < -0.4 is 24.8 Å². The zero-order chi connectivity index (χ0) is 39.7. The number of amides is 4. The van der Waals surface area contributed by atoms with Crippen LogP contribution in [0.3, 0.4) is 0 Å². The van der Waals surface area contributed by atoms with E-state index in [0.29, 0.717) is 38.5 Å². The minimum Gasteiger partial charge on any atom is -0.497 e. The first kappa shape index (κ1) is 38.9. The van der Waals surface area contributed by atoms with Gasteiger partial charge in [-0.25, -0.2) is 18.2 Å². The third kappa shape index (κ3) is 7.15. The number of nitrogens with one attached hydrogen (secondary N) is 3. The van der Waals surface area contributed by atoms with Crippen LogP contribution >= 0.6 is 11.6 Å². The first-order valence-corrected chi connectivity index (χ1v) is 20.0. The summed E-state index contributed by atoms with van der Waals surface area (Å²) in [6, 6.07) is 0.0985. The topological polar surface area (TPSA) is 193 Å². The lowest BCUT2D eigenvalue weighted by Gasteiger charge is -2.37. The number of aromatic nitrogens is 1. The molecule has 5 atom stereocenters. The summed E-state index contributed by atoms with van der Waals surface area (Å²) in [4.78, 5) is 59.4. The van der Waals surface area contributed by atoms with Crippen molar-refractivity contribution >= 4 is 56.3 Å². The number of alkyl halides is 3. The Morgan fingerprint density at radius 1 is 1.15 bits per heavy atom. The van der Waals surface area contributed by atoms with Crippen molar-refractivity contribution in [2.24, 2.45) is 5.92 Å². The van der Waals surface area contributed by atoms with Gasteiger partial charge in [0.25, 0.3) is 5.91 Å². The maximum absolute atomic E-state index is 14.7. The van der Waals surface area contributed by atoms with Crippen LogP contribution in [0.5, 0.6) is 11.5 Å². The maximum Gasteiger partial charge on any atom is 0.437 e. The van der Waals surface area contributed by atoms with Gasteiger partial charge in [-0.05, 0) is 64.4 Å². The molecule has 2 aliphatic carbocycles. The Morgan fingerprint density at radius 3 is 2.56 bits per heavy atom. The molecule has 298 valence electrons. The van der Waals surface area contributed by atoms with Crippen molar-refractivity contribution in [1.82, 2.24) is 25.2 Å². The smallest absolute Gasteiger partial charge is 0.437 e. The van der Waals surface area contributed by atoms with E-state index in [4.69, 9.17) is 21.1 Å². The van der Waals surface area contributed by atoms with Gasteiger partial charge in [0.05, 0.1) is 28.9 Å². The molecule has 19 heteroatoms. The van der Waals surface area contributed by atoms with Crippen LogP contribution in [0.15, 0.2) is 24.3 Å². The number of hydrogen-bond donors (Lipinski definition) is 4. The van der Waals surface area contributed by atoms with Crippen LogP contribution in [0, 0.1) is 5.92 Å². The molecule has 55 heavy (non-hydrogen) atoms. The monoisotopic (exact) mass is 811 g/mol. The van der Waals surface area contributed by atoms with E-state index in [1.165, 1.54) is 26.2 Å². The minimum absolute atomic E-state index is 0.00998. The molecule has 1 aromatic heterocycles. The van der Waals surface area contributed by atoms with Gasteiger partial charge in [0, 0.05) is 29.4 Å². The lowest BCUT2D eigenvalue weighted by Crippen LogP contribution is -2.58. The fourth-order valence-corrected chi connectivity index (χ4v) is 9.59. The largest absolute Gasteiger partial charge is 0.497 e. The molecule has 3 fully saturated rings. The number of nitrogens with zero attached hydrogens (tertiary/aromatic N) is 2. The molecule has 3 aliphatic heterocycles. The van der Waals surface area contributed by atoms with Gasteiger partial charge < -0.3 is 30.1 Å². The molecule has 1 saturated heterocycles. The molecule has 0 unspecified atom stereocenters. The Balaban J connectivity index is 1.28. The van der Waals surface area contributed by atoms with E-state index in [1.807, 2.05) is 6.08 Å². The normalized spacial score (nSPS) is 29.7. The summed E-state index contributed by atoms with van der Waals surface area (Å²) in [6.45, 7) is 1.11. The van der Waals surface area contributed by atoms with Crippen molar-refractivity contribution in [2.45, 2.75) is 112 Å². The van der Waals surface area contributed by atoms with E-state index in [9.17, 15) is 45.9 Å². The molecule has 1 aromatic carbocycles. The van der Waals surface area contributed by atoms with E-state index in [2.05, 4.69) is 20.3 Å². The fourth-order valence-electron chi connectivity index (χ4n) is 8.02. The molecule has 14 nitrogen and oxygen atoms in total. The quantitative estimate of drug-likeness (QED) is 0.310. The number of methoxy groups -OCH3 is 1. The Hall–Kier alpha value is -4.32. The second-order valence-electron chi connectivity index (χ2n) is 15.5. The average Bonchev–Trinajstić information content (AvgIpc) is 4.00. The number of carbonyl (C=O) groups excluding carboxylic acids is 3. The summed E-state index contributed by atoms with van der Waals surface area (Å²) < 4.78 is 82.9. The number of aryl methyl sites for hydroxylation is 1. The lowest BCUT2D eigenvalue weighted by molar-refractivity contribution is -0.144. The van der Waals surface area contributed by atoms with E-state index in [1.54, 1.807) is 6.08 Å². The van der Waals surface area contributed by atoms with Crippen LogP contribution in [-0.2, 0) is 37.0 Å². The molecule has 4 N–H and O–H groups in total. The Kier molecular flexibility index (Phi) is 9.70. The van der Waals surface area contributed by atoms with E-state index in [0.717, 1.165) is 4.90 Å². The molecule has 4 heterocycles. The average molecular weight is 812 g/mol. The van der Waals surface area contributed by atoms with Gasteiger partial charge in [-0.1, -0.05) is 36.6 Å². The van der Waals surface area contributed by atoms with Gasteiger partial charge in [-0.3, -0.25) is 19.1 Å². The summed E-state index contributed by atoms with van der Waals surface area (Å²) >= 11 is 6.36. The van der Waals surface area contributed by atoms with Gasteiger partial charge >= 0.3 is 12.3 Å². The Labute approximate surface area is 319 Å².